The minimum absolute atomic E-state index is 0.0238. The molecule has 5 rings (SSSR count). The van der Waals surface area contributed by atoms with E-state index in [2.05, 4.69) is 10.3 Å². The van der Waals surface area contributed by atoms with Crippen molar-refractivity contribution in [2.24, 2.45) is 5.14 Å². The van der Waals surface area contributed by atoms with Gasteiger partial charge in [0, 0.05) is 23.9 Å². The maximum atomic E-state index is 13.6. The number of fused-ring (bicyclic) bond motifs is 1. The van der Waals surface area contributed by atoms with Crippen molar-refractivity contribution in [3.05, 3.63) is 90.1 Å². The Kier molecular flexibility index (Phi) is 7.21. The monoisotopic (exact) mass is 561 g/mol. The molecule has 1 aliphatic rings. The highest BCUT2D eigenvalue weighted by Gasteiger charge is 2.43. The number of anilines is 2. The molecular weight excluding hydrogens is 534 g/mol. The molecule has 0 radical (unpaired) electrons. The van der Waals surface area contributed by atoms with Gasteiger partial charge >= 0.3 is 0 Å². The lowest BCUT2D eigenvalue weighted by Crippen LogP contribution is -2.39. The number of sulfonamides is 1. The SMILES string of the molecule is Cc1ccc(N2C(=O)C(CC(=O)Nc3ccc4cc[nH]c4c3)N(CCc3ccc(S(N)(=O)=O)cc3)C2=S)cc1. The highest BCUT2D eigenvalue weighted by Crippen LogP contribution is 2.28. The van der Waals surface area contributed by atoms with E-state index in [4.69, 9.17) is 17.4 Å². The molecule has 2 amide bonds. The summed E-state index contributed by atoms with van der Waals surface area (Å²) in [5.74, 6) is -0.585. The number of aryl methyl sites for hydroxylation is 1. The van der Waals surface area contributed by atoms with E-state index < -0.39 is 16.1 Å². The number of hydrogen-bond acceptors (Lipinski definition) is 5. The van der Waals surface area contributed by atoms with Crippen LogP contribution in [0.5, 0.6) is 0 Å². The number of carbonyl (C=O) groups is 2. The van der Waals surface area contributed by atoms with Gasteiger partial charge in [-0.15, -0.1) is 0 Å². The van der Waals surface area contributed by atoms with Gasteiger partial charge in [-0.2, -0.15) is 0 Å². The molecule has 4 aromatic rings. The molecule has 3 aromatic carbocycles. The van der Waals surface area contributed by atoms with Crippen LogP contribution in [0.2, 0.25) is 0 Å². The molecule has 1 fully saturated rings. The number of nitrogens with one attached hydrogen (secondary N) is 2. The van der Waals surface area contributed by atoms with Crippen molar-refractivity contribution in [1.29, 1.82) is 0 Å². The Morgan fingerprint density at radius 3 is 2.46 bits per heavy atom. The Labute approximate surface area is 231 Å². The molecule has 0 bridgehead atoms. The van der Waals surface area contributed by atoms with Gasteiger partial charge in [-0.05, 0) is 79.0 Å². The lowest BCUT2D eigenvalue weighted by molar-refractivity contribution is -0.124. The number of aromatic amines is 1. The molecule has 0 spiro atoms. The lowest BCUT2D eigenvalue weighted by Gasteiger charge is -2.24. The van der Waals surface area contributed by atoms with Gasteiger partial charge in [-0.1, -0.05) is 35.9 Å². The summed E-state index contributed by atoms with van der Waals surface area (Å²) in [5.41, 5.74) is 4.05. The normalized spacial score (nSPS) is 15.8. The minimum atomic E-state index is -3.79. The summed E-state index contributed by atoms with van der Waals surface area (Å²) in [5, 5.41) is 9.44. The van der Waals surface area contributed by atoms with Crippen molar-refractivity contribution >= 4 is 61.4 Å². The molecule has 1 atom stereocenters. The first-order valence-electron chi connectivity index (χ1n) is 12.3. The molecule has 200 valence electrons. The number of hydrogen-bond donors (Lipinski definition) is 3. The van der Waals surface area contributed by atoms with Crippen LogP contribution in [0.15, 0.2) is 83.9 Å². The molecule has 4 N–H and O–H groups in total. The number of nitrogens with zero attached hydrogens (tertiary/aromatic N) is 2. The Morgan fingerprint density at radius 1 is 1.05 bits per heavy atom. The quantitative estimate of drug-likeness (QED) is 0.282. The number of nitrogens with two attached hydrogens (primary N) is 1. The molecule has 0 saturated carbocycles. The third-order valence-corrected chi connectivity index (χ3v) is 8.07. The van der Waals surface area contributed by atoms with Gasteiger partial charge in [-0.3, -0.25) is 14.5 Å². The van der Waals surface area contributed by atoms with Crippen molar-refractivity contribution < 1.29 is 18.0 Å². The number of benzene rings is 3. The van der Waals surface area contributed by atoms with Gasteiger partial charge in [0.1, 0.15) is 6.04 Å². The summed E-state index contributed by atoms with van der Waals surface area (Å²) >= 11 is 5.74. The van der Waals surface area contributed by atoms with Gasteiger partial charge in [0.25, 0.3) is 5.91 Å². The van der Waals surface area contributed by atoms with Crippen LogP contribution < -0.4 is 15.4 Å². The summed E-state index contributed by atoms with van der Waals surface area (Å²) in [4.78, 5) is 33.1. The average molecular weight is 562 g/mol. The van der Waals surface area contributed by atoms with E-state index in [1.54, 1.807) is 17.0 Å². The Bertz CT molecular complexity index is 1660. The van der Waals surface area contributed by atoms with Crippen molar-refractivity contribution in [1.82, 2.24) is 9.88 Å². The van der Waals surface area contributed by atoms with E-state index in [0.29, 0.717) is 29.5 Å². The van der Waals surface area contributed by atoms with Gasteiger partial charge < -0.3 is 15.2 Å². The summed E-state index contributed by atoms with van der Waals surface area (Å²) in [7, 11) is -3.79. The van der Waals surface area contributed by atoms with Gasteiger partial charge in [-0.25, -0.2) is 13.6 Å². The fourth-order valence-electron chi connectivity index (χ4n) is 4.63. The fourth-order valence-corrected chi connectivity index (χ4v) is 5.56. The van der Waals surface area contributed by atoms with Crippen LogP contribution in [0.4, 0.5) is 11.4 Å². The van der Waals surface area contributed by atoms with Crippen molar-refractivity contribution in [2.75, 3.05) is 16.8 Å². The summed E-state index contributed by atoms with van der Waals surface area (Å²) in [6.07, 6.45) is 2.21. The molecule has 9 nitrogen and oxygen atoms in total. The van der Waals surface area contributed by atoms with Crippen LogP contribution in [-0.4, -0.2) is 47.8 Å². The first-order valence-corrected chi connectivity index (χ1v) is 14.3. The number of rotatable bonds is 8. The number of primary sulfonamides is 1. The van der Waals surface area contributed by atoms with Gasteiger partial charge in [0.15, 0.2) is 5.11 Å². The third-order valence-electron chi connectivity index (χ3n) is 6.72. The number of thiocarbonyl (C=S) groups is 1. The smallest absolute Gasteiger partial charge is 0.256 e. The van der Waals surface area contributed by atoms with E-state index in [1.165, 1.54) is 17.0 Å². The predicted molar refractivity (Wildman–Crippen MR) is 155 cm³/mol. The summed E-state index contributed by atoms with van der Waals surface area (Å²) < 4.78 is 23.2. The van der Waals surface area contributed by atoms with E-state index in [-0.39, 0.29) is 23.1 Å². The van der Waals surface area contributed by atoms with Crippen molar-refractivity contribution in [3.8, 4) is 0 Å². The third kappa shape index (κ3) is 5.70. The van der Waals surface area contributed by atoms with Crippen LogP contribution in [0, 0.1) is 6.92 Å². The average Bonchev–Trinajstić information content (AvgIpc) is 3.45. The molecule has 1 aromatic heterocycles. The molecule has 11 heteroatoms. The van der Waals surface area contributed by atoms with Gasteiger partial charge in [0.05, 0.1) is 17.0 Å². The first-order chi connectivity index (χ1) is 18.6. The molecule has 0 aliphatic carbocycles. The van der Waals surface area contributed by atoms with Crippen LogP contribution in [0.3, 0.4) is 0 Å². The van der Waals surface area contributed by atoms with Crippen LogP contribution in [0.25, 0.3) is 10.9 Å². The Balaban J connectivity index is 1.36. The molecule has 1 unspecified atom stereocenters. The maximum absolute atomic E-state index is 13.6. The number of carbonyl (C=O) groups excluding carboxylic acids is 2. The van der Waals surface area contributed by atoms with Crippen LogP contribution in [-0.2, 0) is 26.0 Å². The van der Waals surface area contributed by atoms with Crippen LogP contribution >= 0.6 is 12.2 Å². The first kappa shape index (κ1) is 26.5. The molecular formula is C28H27N5O4S2. The second-order valence-corrected chi connectivity index (χ2v) is 11.4. The van der Waals surface area contributed by atoms with Crippen LogP contribution in [0.1, 0.15) is 17.5 Å². The zero-order chi connectivity index (χ0) is 27.7. The Hall–Kier alpha value is -4.06. The second-order valence-electron chi connectivity index (χ2n) is 9.47. The largest absolute Gasteiger partial charge is 0.361 e. The number of aromatic nitrogens is 1. The molecule has 2 heterocycles. The minimum Gasteiger partial charge on any atom is -0.361 e. The van der Waals surface area contributed by atoms with E-state index in [0.717, 1.165) is 22.0 Å². The fraction of sp³-hybridized carbons (Fsp3) is 0.179. The zero-order valence-electron chi connectivity index (χ0n) is 21.1. The molecule has 1 aliphatic heterocycles. The van der Waals surface area contributed by atoms with E-state index in [1.807, 2.05) is 61.7 Å². The van der Waals surface area contributed by atoms with Crippen molar-refractivity contribution in [3.63, 3.8) is 0 Å². The highest BCUT2D eigenvalue weighted by molar-refractivity contribution is 7.89. The standard InChI is InChI=1S/C28H27N5O4S2/c1-18-2-8-22(9-3-18)33-27(35)25(17-26(34)31-21-7-6-20-12-14-30-24(20)16-21)32(28(33)38)15-13-19-4-10-23(11-5-19)39(29,36)37/h2-12,14,16,25,30H,13,15,17H2,1H3,(H,31,34)(H2,29,36,37). The van der Waals surface area contributed by atoms with Crippen molar-refractivity contribution in [2.45, 2.75) is 30.7 Å². The Morgan fingerprint density at radius 2 is 1.77 bits per heavy atom. The number of H-pyrrole nitrogens is 1. The number of amides is 2. The predicted octanol–water partition coefficient (Wildman–Crippen LogP) is 3.70. The second kappa shape index (κ2) is 10.6. The maximum Gasteiger partial charge on any atom is 0.256 e. The lowest BCUT2D eigenvalue weighted by atomic mass is 10.1. The molecule has 1 saturated heterocycles. The topological polar surface area (TPSA) is 129 Å². The highest BCUT2D eigenvalue weighted by atomic mass is 32.2. The zero-order valence-corrected chi connectivity index (χ0v) is 22.8. The van der Waals surface area contributed by atoms with Gasteiger partial charge in [0.2, 0.25) is 15.9 Å². The van der Waals surface area contributed by atoms with E-state index >= 15 is 0 Å². The summed E-state index contributed by atoms with van der Waals surface area (Å²) in [6, 6.07) is 20.4. The molecule has 39 heavy (non-hydrogen) atoms. The van der Waals surface area contributed by atoms with E-state index in [9.17, 15) is 18.0 Å². The summed E-state index contributed by atoms with van der Waals surface area (Å²) in [6.45, 7) is 2.31.